The van der Waals surface area contributed by atoms with Gasteiger partial charge >= 0.3 is 5.97 Å². The van der Waals surface area contributed by atoms with Crippen molar-refractivity contribution in [3.63, 3.8) is 0 Å². The number of halogens is 1. The van der Waals surface area contributed by atoms with Crippen LogP contribution in [0.5, 0.6) is 0 Å². The van der Waals surface area contributed by atoms with Crippen LogP contribution in [0.25, 0.3) is 0 Å². The van der Waals surface area contributed by atoms with Crippen LogP contribution < -0.4 is 4.90 Å². The van der Waals surface area contributed by atoms with Crippen LogP contribution in [0, 0.1) is 12.7 Å². The first-order valence-corrected chi connectivity index (χ1v) is 5.69. The molecule has 0 atom stereocenters. The molecule has 98 valence electrons. The minimum atomic E-state index is -1.09. The molecular formula is C14H13FN2O2. The molecule has 0 radical (unpaired) electrons. The van der Waals surface area contributed by atoms with E-state index in [2.05, 4.69) is 4.98 Å². The highest BCUT2D eigenvalue weighted by atomic mass is 19.1. The number of aromatic carboxylic acids is 1. The zero-order chi connectivity index (χ0) is 14.0. The molecule has 0 fully saturated rings. The smallest absolute Gasteiger partial charge is 0.339 e. The molecule has 0 spiro atoms. The fourth-order valence-corrected chi connectivity index (χ4v) is 1.84. The van der Waals surface area contributed by atoms with E-state index in [9.17, 15) is 9.18 Å². The molecule has 19 heavy (non-hydrogen) atoms. The number of aryl methyl sites for hydroxylation is 1. The van der Waals surface area contributed by atoms with Gasteiger partial charge in [0.1, 0.15) is 11.4 Å². The number of anilines is 2. The van der Waals surface area contributed by atoms with Gasteiger partial charge in [-0.3, -0.25) is 4.98 Å². The van der Waals surface area contributed by atoms with Gasteiger partial charge in [-0.25, -0.2) is 9.18 Å². The molecule has 2 rings (SSSR count). The number of carboxylic acid groups (broad SMARTS) is 1. The third-order valence-electron chi connectivity index (χ3n) is 2.82. The van der Waals surface area contributed by atoms with E-state index in [1.54, 1.807) is 38.2 Å². The summed E-state index contributed by atoms with van der Waals surface area (Å²) in [6.45, 7) is 1.75. The van der Waals surface area contributed by atoms with Crippen LogP contribution in [0.1, 0.15) is 16.1 Å². The second-order valence-electron chi connectivity index (χ2n) is 4.16. The molecule has 0 aliphatic rings. The van der Waals surface area contributed by atoms with Gasteiger partial charge in [0.15, 0.2) is 0 Å². The summed E-state index contributed by atoms with van der Waals surface area (Å²) in [6.07, 6.45) is 1.28. The number of aromatic nitrogens is 1. The van der Waals surface area contributed by atoms with Crippen molar-refractivity contribution in [1.82, 2.24) is 4.98 Å². The van der Waals surface area contributed by atoms with Crippen LogP contribution in [-0.2, 0) is 0 Å². The molecule has 0 unspecified atom stereocenters. The largest absolute Gasteiger partial charge is 0.478 e. The highest BCUT2D eigenvalue weighted by molar-refractivity contribution is 5.95. The molecule has 1 heterocycles. The maximum Gasteiger partial charge on any atom is 0.339 e. The van der Waals surface area contributed by atoms with E-state index >= 15 is 0 Å². The lowest BCUT2D eigenvalue weighted by atomic mass is 10.1. The number of benzene rings is 1. The van der Waals surface area contributed by atoms with Gasteiger partial charge in [0.25, 0.3) is 0 Å². The number of nitrogens with zero attached hydrogens (tertiary/aromatic N) is 2. The summed E-state index contributed by atoms with van der Waals surface area (Å²) in [5.74, 6) is -1.50. The van der Waals surface area contributed by atoms with Gasteiger partial charge in [0.05, 0.1) is 11.4 Å². The Morgan fingerprint density at radius 1 is 1.32 bits per heavy atom. The molecule has 0 saturated heterocycles. The quantitative estimate of drug-likeness (QED) is 0.921. The standard InChI is InChI=1S/C14H13FN2O2/c1-9-7-13(10(8-16-9)14(18)19)17(2)12-6-4-3-5-11(12)15/h3-8H,1-2H3,(H,18,19). The molecular weight excluding hydrogens is 247 g/mol. The van der Waals surface area contributed by atoms with E-state index in [-0.39, 0.29) is 5.56 Å². The van der Waals surface area contributed by atoms with E-state index in [0.717, 1.165) is 0 Å². The van der Waals surface area contributed by atoms with Crippen molar-refractivity contribution < 1.29 is 14.3 Å². The van der Waals surface area contributed by atoms with Crippen molar-refractivity contribution in [2.45, 2.75) is 6.92 Å². The van der Waals surface area contributed by atoms with Gasteiger partial charge in [-0.05, 0) is 25.1 Å². The fourth-order valence-electron chi connectivity index (χ4n) is 1.84. The minimum Gasteiger partial charge on any atom is -0.478 e. The van der Waals surface area contributed by atoms with Crippen molar-refractivity contribution in [3.05, 3.63) is 53.6 Å². The second-order valence-corrected chi connectivity index (χ2v) is 4.16. The van der Waals surface area contributed by atoms with Crippen molar-refractivity contribution in [2.75, 3.05) is 11.9 Å². The topological polar surface area (TPSA) is 53.4 Å². The number of pyridine rings is 1. The lowest BCUT2D eigenvalue weighted by Crippen LogP contribution is -2.16. The van der Waals surface area contributed by atoms with Gasteiger partial charge < -0.3 is 10.0 Å². The third-order valence-corrected chi connectivity index (χ3v) is 2.82. The number of rotatable bonds is 3. The summed E-state index contributed by atoms with van der Waals surface area (Å²) >= 11 is 0. The first-order valence-electron chi connectivity index (χ1n) is 5.69. The summed E-state index contributed by atoms with van der Waals surface area (Å²) in [6, 6.07) is 7.83. The predicted molar refractivity (Wildman–Crippen MR) is 70.4 cm³/mol. The monoisotopic (exact) mass is 260 g/mol. The van der Waals surface area contributed by atoms with Gasteiger partial charge in [0, 0.05) is 18.9 Å². The van der Waals surface area contributed by atoms with Crippen LogP contribution in [0.3, 0.4) is 0 Å². The summed E-state index contributed by atoms with van der Waals surface area (Å²) in [5.41, 5.74) is 1.43. The van der Waals surface area contributed by atoms with E-state index in [4.69, 9.17) is 5.11 Å². The SMILES string of the molecule is Cc1cc(N(C)c2ccccc2F)c(C(=O)O)cn1. The summed E-state index contributed by atoms with van der Waals surface area (Å²) in [4.78, 5) is 16.7. The van der Waals surface area contributed by atoms with Crippen molar-refractivity contribution in [1.29, 1.82) is 0 Å². The number of hydrogen-bond acceptors (Lipinski definition) is 3. The van der Waals surface area contributed by atoms with Gasteiger partial charge in [-0.1, -0.05) is 12.1 Å². The Morgan fingerprint density at radius 2 is 2.00 bits per heavy atom. The summed E-state index contributed by atoms with van der Waals surface area (Å²) < 4.78 is 13.8. The highest BCUT2D eigenvalue weighted by Crippen LogP contribution is 2.29. The molecule has 0 bridgehead atoms. The Balaban J connectivity index is 2.55. The lowest BCUT2D eigenvalue weighted by molar-refractivity contribution is 0.0697. The van der Waals surface area contributed by atoms with Crippen LogP contribution in [0.2, 0.25) is 0 Å². The molecule has 5 heteroatoms. The Bertz CT molecular complexity index is 629. The van der Waals surface area contributed by atoms with Gasteiger partial charge in [-0.15, -0.1) is 0 Å². The predicted octanol–water partition coefficient (Wildman–Crippen LogP) is 3.00. The second kappa shape index (κ2) is 5.06. The average molecular weight is 260 g/mol. The fraction of sp³-hybridized carbons (Fsp3) is 0.143. The lowest BCUT2D eigenvalue weighted by Gasteiger charge is -2.22. The van der Waals surface area contributed by atoms with E-state index in [1.807, 2.05) is 0 Å². The number of carboxylic acids is 1. The molecule has 1 N–H and O–H groups in total. The van der Waals surface area contributed by atoms with Crippen LogP contribution in [-0.4, -0.2) is 23.1 Å². The summed E-state index contributed by atoms with van der Waals surface area (Å²) in [5, 5.41) is 9.16. The molecule has 1 aromatic heterocycles. The molecule has 4 nitrogen and oxygen atoms in total. The number of para-hydroxylation sites is 1. The molecule has 1 aromatic carbocycles. The third kappa shape index (κ3) is 2.54. The van der Waals surface area contributed by atoms with Crippen LogP contribution >= 0.6 is 0 Å². The van der Waals surface area contributed by atoms with E-state index in [0.29, 0.717) is 17.1 Å². The van der Waals surface area contributed by atoms with Crippen molar-refractivity contribution >= 4 is 17.3 Å². The molecule has 0 aliphatic carbocycles. The zero-order valence-electron chi connectivity index (χ0n) is 10.6. The first-order chi connectivity index (χ1) is 9.00. The normalized spacial score (nSPS) is 10.3. The Morgan fingerprint density at radius 3 is 2.63 bits per heavy atom. The highest BCUT2D eigenvalue weighted by Gasteiger charge is 2.17. The van der Waals surface area contributed by atoms with Gasteiger partial charge in [-0.2, -0.15) is 0 Å². The minimum absolute atomic E-state index is 0.0383. The average Bonchev–Trinajstić information content (AvgIpc) is 2.38. The van der Waals surface area contributed by atoms with Crippen LogP contribution in [0.4, 0.5) is 15.8 Å². The molecule has 0 amide bonds. The van der Waals surface area contributed by atoms with Crippen molar-refractivity contribution in [2.24, 2.45) is 0 Å². The van der Waals surface area contributed by atoms with Crippen molar-refractivity contribution in [3.8, 4) is 0 Å². The molecule has 0 aliphatic heterocycles. The van der Waals surface area contributed by atoms with E-state index < -0.39 is 11.8 Å². The molecule has 0 saturated carbocycles. The Hall–Kier alpha value is -2.43. The number of hydrogen-bond donors (Lipinski definition) is 1. The number of carbonyl (C=O) groups is 1. The van der Waals surface area contributed by atoms with E-state index in [1.165, 1.54) is 17.2 Å². The first kappa shape index (κ1) is 13.0. The van der Waals surface area contributed by atoms with Gasteiger partial charge in [0.2, 0.25) is 0 Å². The zero-order valence-corrected chi connectivity index (χ0v) is 10.6. The summed E-state index contributed by atoms with van der Waals surface area (Å²) in [7, 11) is 1.62. The Labute approximate surface area is 110 Å². The molecule has 2 aromatic rings. The van der Waals surface area contributed by atoms with Crippen LogP contribution in [0.15, 0.2) is 36.5 Å². The maximum atomic E-state index is 13.8. The Kier molecular flexibility index (Phi) is 3.46. The maximum absolute atomic E-state index is 13.8.